The van der Waals surface area contributed by atoms with E-state index in [1.807, 2.05) is 36.5 Å². The van der Waals surface area contributed by atoms with Gasteiger partial charge in [-0.2, -0.15) is 0 Å². The van der Waals surface area contributed by atoms with Crippen LogP contribution in [0.2, 0.25) is 0 Å². The molecule has 0 heterocycles. The van der Waals surface area contributed by atoms with Crippen LogP contribution in [0.15, 0.2) is 72.9 Å². The lowest BCUT2D eigenvalue weighted by atomic mass is 10.0. The van der Waals surface area contributed by atoms with Gasteiger partial charge in [0.2, 0.25) is 5.91 Å². The molecule has 3 N–H and O–H groups in total. The summed E-state index contributed by atoms with van der Waals surface area (Å²) in [4.78, 5) is 26.2. The molecule has 1 amide bonds. The third-order valence-corrected chi connectivity index (χ3v) is 12.4. The Bertz CT molecular complexity index is 1200. The Balaban J connectivity index is 4.65. The third kappa shape index (κ3) is 47.6. The molecule has 0 radical (unpaired) electrons. The van der Waals surface area contributed by atoms with Crippen molar-refractivity contribution < 1.29 is 24.5 Å². The highest BCUT2D eigenvalue weighted by Crippen LogP contribution is 2.18. The van der Waals surface area contributed by atoms with E-state index in [1.54, 1.807) is 0 Å². The van der Waals surface area contributed by atoms with Gasteiger partial charge < -0.3 is 20.3 Å². The van der Waals surface area contributed by atoms with Crippen LogP contribution < -0.4 is 5.32 Å². The summed E-state index contributed by atoms with van der Waals surface area (Å²) in [6, 6.07) is -0.715. The van der Waals surface area contributed by atoms with Crippen molar-refractivity contribution in [3.63, 3.8) is 0 Å². The van der Waals surface area contributed by atoms with Gasteiger partial charge in [0.05, 0.1) is 25.2 Å². The number of aliphatic hydroxyl groups excluding tert-OH is 2. The topological polar surface area (TPSA) is 95.9 Å². The fraction of sp³-hybridized carbons (Fsp3) is 0.763. The SMILES string of the molecule is CC/C=C/C=C/C=C\C=C/C=C/CCCCCC(=O)OC(CCCCCCCCC/C=C/CCCCCCCC)CC(=O)NC(CO)C(O)CCCCCCCCCCCCCCCC. The number of carbonyl (C=O) groups is 2. The number of rotatable bonds is 49. The molecule has 3 unspecified atom stereocenters. The lowest BCUT2D eigenvalue weighted by Crippen LogP contribution is -2.46. The van der Waals surface area contributed by atoms with Crippen LogP contribution in [0.25, 0.3) is 0 Å². The van der Waals surface area contributed by atoms with Crippen molar-refractivity contribution >= 4 is 11.9 Å². The molecule has 376 valence electrons. The predicted molar refractivity (Wildman–Crippen MR) is 282 cm³/mol. The quantitative estimate of drug-likeness (QED) is 0.0245. The monoisotopic (exact) mass is 908 g/mol. The molecule has 0 aliphatic rings. The Labute approximate surface area is 402 Å². The number of aliphatic hydroxyl groups is 2. The summed E-state index contributed by atoms with van der Waals surface area (Å²) in [7, 11) is 0. The van der Waals surface area contributed by atoms with Gasteiger partial charge in [0.15, 0.2) is 0 Å². The summed E-state index contributed by atoms with van der Waals surface area (Å²) in [6.07, 6.45) is 66.7. The molecular weight excluding hydrogens is 803 g/mol. The Morgan fingerprint density at radius 1 is 0.462 bits per heavy atom. The van der Waals surface area contributed by atoms with Crippen LogP contribution in [0.3, 0.4) is 0 Å². The molecule has 0 spiro atoms. The molecule has 0 fully saturated rings. The maximum absolute atomic E-state index is 13.3. The van der Waals surface area contributed by atoms with Gasteiger partial charge in [0.25, 0.3) is 0 Å². The van der Waals surface area contributed by atoms with Crippen molar-refractivity contribution in [2.75, 3.05) is 6.61 Å². The molecule has 6 nitrogen and oxygen atoms in total. The number of nitrogens with one attached hydrogen (secondary N) is 1. The Morgan fingerprint density at radius 3 is 1.31 bits per heavy atom. The molecule has 0 aliphatic carbocycles. The third-order valence-electron chi connectivity index (χ3n) is 12.4. The van der Waals surface area contributed by atoms with E-state index in [0.29, 0.717) is 19.3 Å². The highest BCUT2D eigenvalue weighted by molar-refractivity contribution is 5.77. The normalized spacial score (nSPS) is 13.7. The Kier molecular flexibility index (Phi) is 50.1. The molecule has 6 heteroatoms. The number of ether oxygens (including phenoxy) is 1. The molecule has 0 aliphatic heterocycles. The molecule has 0 saturated carbocycles. The maximum Gasteiger partial charge on any atom is 0.306 e. The van der Waals surface area contributed by atoms with E-state index in [4.69, 9.17) is 4.74 Å². The molecule has 0 aromatic heterocycles. The Hall–Kier alpha value is -2.70. The van der Waals surface area contributed by atoms with Crippen LogP contribution in [-0.2, 0) is 14.3 Å². The molecule has 0 saturated heterocycles. The number of hydrogen-bond acceptors (Lipinski definition) is 5. The standard InChI is InChI=1S/C59H105NO5/c1-4-7-10-13-16-19-22-25-28-29-31-32-35-38-41-44-47-50-55(65-59(64)52-49-46-43-40-37-34-30-26-23-20-17-14-11-8-5-2)53-58(63)60-56(54-61)57(62)51-48-45-42-39-36-33-27-24-21-18-15-12-9-6-3/h8,11,14,17,20,23,25-26,28,30,34,37,55-57,61-62H,4-7,9-10,12-13,15-16,18-19,21-22,24,27,29,31-33,35-36,38-54H2,1-3H3,(H,60,63)/b11-8+,17-14+,23-20-,28-25+,30-26-,37-34+. The smallest absolute Gasteiger partial charge is 0.306 e. The highest BCUT2D eigenvalue weighted by atomic mass is 16.5. The van der Waals surface area contributed by atoms with Crippen molar-refractivity contribution in [3.05, 3.63) is 72.9 Å². The number of unbranched alkanes of at least 4 members (excludes halogenated alkanes) is 29. The molecular formula is C59H105NO5. The Morgan fingerprint density at radius 2 is 0.846 bits per heavy atom. The summed E-state index contributed by atoms with van der Waals surface area (Å²) in [5.41, 5.74) is 0. The van der Waals surface area contributed by atoms with Gasteiger partial charge >= 0.3 is 5.97 Å². The first-order chi connectivity index (χ1) is 32.0. The van der Waals surface area contributed by atoms with Crippen molar-refractivity contribution in [3.8, 4) is 0 Å². The minimum Gasteiger partial charge on any atom is -0.462 e. The van der Waals surface area contributed by atoms with Crippen LogP contribution in [0.1, 0.15) is 265 Å². The van der Waals surface area contributed by atoms with Crippen molar-refractivity contribution in [1.29, 1.82) is 0 Å². The largest absolute Gasteiger partial charge is 0.462 e. The molecule has 3 atom stereocenters. The first kappa shape index (κ1) is 62.3. The zero-order valence-corrected chi connectivity index (χ0v) is 42.9. The van der Waals surface area contributed by atoms with Crippen LogP contribution >= 0.6 is 0 Å². The minimum atomic E-state index is -0.800. The van der Waals surface area contributed by atoms with Crippen LogP contribution in [0, 0.1) is 0 Å². The van der Waals surface area contributed by atoms with E-state index in [-0.39, 0.29) is 24.9 Å². The van der Waals surface area contributed by atoms with Gasteiger partial charge in [-0.3, -0.25) is 9.59 Å². The summed E-state index contributed by atoms with van der Waals surface area (Å²) in [5, 5.41) is 23.8. The van der Waals surface area contributed by atoms with E-state index in [9.17, 15) is 19.8 Å². The van der Waals surface area contributed by atoms with Gasteiger partial charge in [-0.15, -0.1) is 0 Å². The average molecular weight is 908 g/mol. The predicted octanol–water partition coefficient (Wildman–Crippen LogP) is 17.0. The first-order valence-electron chi connectivity index (χ1n) is 27.7. The second-order valence-electron chi connectivity index (χ2n) is 18.7. The van der Waals surface area contributed by atoms with Crippen molar-refractivity contribution in [2.45, 2.75) is 283 Å². The first-order valence-corrected chi connectivity index (χ1v) is 27.7. The zero-order valence-electron chi connectivity index (χ0n) is 42.9. The summed E-state index contributed by atoms with van der Waals surface area (Å²) < 4.78 is 5.93. The van der Waals surface area contributed by atoms with E-state index in [2.05, 4.69) is 62.5 Å². The lowest BCUT2D eigenvalue weighted by Gasteiger charge is -2.24. The number of hydrogen-bond donors (Lipinski definition) is 3. The lowest BCUT2D eigenvalue weighted by molar-refractivity contribution is -0.151. The summed E-state index contributed by atoms with van der Waals surface area (Å²) in [6.45, 7) is 6.34. The van der Waals surface area contributed by atoms with E-state index >= 15 is 0 Å². The second-order valence-corrected chi connectivity index (χ2v) is 18.7. The van der Waals surface area contributed by atoms with Crippen molar-refractivity contribution in [1.82, 2.24) is 5.32 Å². The minimum absolute atomic E-state index is 0.0554. The number of allylic oxidation sites excluding steroid dienone is 12. The van der Waals surface area contributed by atoms with Crippen molar-refractivity contribution in [2.24, 2.45) is 0 Å². The molecule has 0 aromatic carbocycles. The van der Waals surface area contributed by atoms with Gasteiger partial charge in [-0.25, -0.2) is 0 Å². The van der Waals surface area contributed by atoms with E-state index in [1.165, 1.54) is 148 Å². The average Bonchev–Trinajstić information content (AvgIpc) is 3.30. The number of amides is 1. The van der Waals surface area contributed by atoms with E-state index in [0.717, 1.165) is 70.6 Å². The van der Waals surface area contributed by atoms with Crippen LogP contribution in [0.4, 0.5) is 0 Å². The summed E-state index contributed by atoms with van der Waals surface area (Å²) >= 11 is 0. The van der Waals surface area contributed by atoms with E-state index < -0.39 is 18.2 Å². The number of esters is 1. The zero-order chi connectivity index (χ0) is 47.4. The molecule has 0 bridgehead atoms. The van der Waals surface area contributed by atoms with Gasteiger partial charge in [0.1, 0.15) is 6.10 Å². The summed E-state index contributed by atoms with van der Waals surface area (Å²) in [5.74, 6) is -0.523. The maximum atomic E-state index is 13.3. The van der Waals surface area contributed by atoms with Crippen LogP contribution in [-0.4, -0.2) is 46.9 Å². The fourth-order valence-electron chi connectivity index (χ4n) is 8.21. The molecule has 0 aromatic rings. The fourth-order valence-corrected chi connectivity index (χ4v) is 8.21. The second kappa shape index (κ2) is 52.3. The number of carbonyl (C=O) groups excluding carboxylic acids is 2. The van der Waals surface area contributed by atoms with Gasteiger partial charge in [-0.05, 0) is 70.6 Å². The van der Waals surface area contributed by atoms with Gasteiger partial charge in [0, 0.05) is 6.42 Å². The molecule has 65 heavy (non-hydrogen) atoms. The highest BCUT2D eigenvalue weighted by Gasteiger charge is 2.24. The van der Waals surface area contributed by atoms with Crippen LogP contribution in [0.5, 0.6) is 0 Å². The molecule has 0 rings (SSSR count). The van der Waals surface area contributed by atoms with Gasteiger partial charge in [-0.1, -0.05) is 254 Å².